The molecular formula is C15H19NO3. The summed E-state index contributed by atoms with van der Waals surface area (Å²) in [4.78, 5) is 25.4. The van der Waals surface area contributed by atoms with Crippen LogP contribution in [0.2, 0.25) is 0 Å². The predicted molar refractivity (Wildman–Crippen MR) is 71.2 cm³/mol. The van der Waals surface area contributed by atoms with E-state index >= 15 is 0 Å². The van der Waals surface area contributed by atoms with Gasteiger partial charge in [0.05, 0.1) is 12.5 Å². The monoisotopic (exact) mass is 261 g/mol. The van der Waals surface area contributed by atoms with Crippen LogP contribution in [-0.4, -0.2) is 29.9 Å². The minimum absolute atomic E-state index is 0.115. The average molecular weight is 261 g/mol. The molecule has 4 heteroatoms. The van der Waals surface area contributed by atoms with Crippen LogP contribution in [0.1, 0.15) is 25.3 Å². The van der Waals surface area contributed by atoms with E-state index in [0.717, 1.165) is 5.56 Å². The molecule has 2 rings (SSSR count). The van der Waals surface area contributed by atoms with E-state index in [2.05, 4.69) is 0 Å². The van der Waals surface area contributed by atoms with Crippen molar-refractivity contribution in [1.29, 1.82) is 0 Å². The standard InChI is InChI=1S/C15H19NO3/c1-2-19-15(18)13-8-9-14(17)16(11-13)10-12-6-4-3-5-7-12/h3-7,13H,2,8-11H2,1H3. The topological polar surface area (TPSA) is 46.6 Å². The Hall–Kier alpha value is -1.84. The third kappa shape index (κ3) is 3.56. The molecule has 0 aromatic heterocycles. The van der Waals surface area contributed by atoms with Crippen LogP contribution < -0.4 is 0 Å². The second kappa shape index (κ2) is 6.36. The fourth-order valence-corrected chi connectivity index (χ4v) is 2.32. The fraction of sp³-hybridized carbons (Fsp3) is 0.467. The number of likely N-dealkylation sites (tertiary alicyclic amines) is 1. The number of nitrogens with zero attached hydrogens (tertiary/aromatic N) is 1. The zero-order chi connectivity index (χ0) is 13.7. The number of carbonyl (C=O) groups is 2. The van der Waals surface area contributed by atoms with Crippen LogP contribution in [0.3, 0.4) is 0 Å². The van der Waals surface area contributed by atoms with E-state index in [1.165, 1.54) is 0 Å². The summed E-state index contributed by atoms with van der Waals surface area (Å²) >= 11 is 0. The average Bonchev–Trinajstić information content (AvgIpc) is 2.42. The molecule has 102 valence electrons. The molecule has 1 saturated heterocycles. The van der Waals surface area contributed by atoms with E-state index in [1.54, 1.807) is 11.8 Å². The number of amides is 1. The summed E-state index contributed by atoms with van der Waals surface area (Å²) in [6.45, 7) is 3.22. The molecule has 19 heavy (non-hydrogen) atoms. The number of hydrogen-bond donors (Lipinski definition) is 0. The molecule has 1 aromatic carbocycles. The van der Waals surface area contributed by atoms with Gasteiger partial charge in [0.1, 0.15) is 0 Å². The van der Waals surface area contributed by atoms with Crippen molar-refractivity contribution in [2.45, 2.75) is 26.3 Å². The lowest BCUT2D eigenvalue weighted by Gasteiger charge is -2.31. The molecule has 1 atom stereocenters. The van der Waals surface area contributed by atoms with Crippen LogP contribution in [0.4, 0.5) is 0 Å². The molecule has 0 aliphatic carbocycles. The molecule has 1 heterocycles. The lowest BCUT2D eigenvalue weighted by molar-refractivity contribution is -0.152. The third-order valence-electron chi connectivity index (χ3n) is 3.34. The number of carbonyl (C=O) groups excluding carboxylic acids is 2. The summed E-state index contributed by atoms with van der Waals surface area (Å²) in [6.07, 6.45) is 1.03. The van der Waals surface area contributed by atoms with Gasteiger partial charge in [-0.2, -0.15) is 0 Å². The van der Waals surface area contributed by atoms with E-state index in [9.17, 15) is 9.59 Å². The molecule has 0 spiro atoms. The summed E-state index contributed by atoms with van der Waals surface area (Å²) in [7, 11) is 0. The van der Waals surface area contributed by atoms with Crippen molar-refractivity contribution < 1.29 is 14.3 Å². The number of ether oxygens (including phenoxy) is 1. The zero-order valence-corrected chi connectivity index (χ0v) is 11.2. The Morgan fingerprint density at radius 1 is 1.37 bits per heavy atom. The summed E-state index contributed by atoms with van der Waals surface area (Å²) < 4.78 is 5.04. The molecule has 1 fully saturated rings. The van der Waals surface area contributed by atoms with Crippen molar-refractivity contribution in [2.24, 2.45) is 5.92 Å². The zero-order valence-electron chi connectivity index (χ0n) is 11.2. The summed E-state index contributed by atoms with van der Waals surface area (Å²) in [5.74, 6) is -0.251. The molecule has 0 saturated carbocycles. The van der Waals surface area contributed by atoms with Gasteiger partial charge in [-0.05, 0) is 18.9 Å². The molecule has 1 aliphatic rings. The molecule has 0 bridgehead atoms. The Morgan fingerprint density at radius 2 is 2.11 bits per heavy atom. The molecular weight excluding hydrogens is 242 g/mol. The second-order valence-electron chi connectivity index (χ2n) is 4.75. The van der Waals surface area contributed by atoms with Gasteiger partial charge in [-0.3, -0.25) is 9.59 Å². The second-order valence-corrected chi connectivity index (χ2v) is 4.75. The highest BCUT2D eigenvalue weighted by molar-refractivity contribution is 5.81. The molecule has 4 nitrogen and oxygen atoms in total. The molecule has 0 radical (unpaired) electrons. The number of esters is 1. The van der Waals surface area contributed by atoms with Crippen molar-refractivity contribution in [3.8, 4) is 0 Å². The molecule has 1 aromatic rings. The van der Waals surface area contributed by atoms with Gasteiger partial charge in [0.15, 0.2) is 0 Å². The van der Waals surface area contributed by atoms with Gasteiger partial charge in [0.25, 0.3) is 0 Å². The molecule has 1 aliphatic heterocycles. The summed E-state index contributed by atoms with van der Waals surface area (Å²) in [5, 5.41) is 0. The number of piperidine rings is 1. The lowest BCUT2D eigenvalue weighted by atomic mass is 9.97. The normalized spacial score (nSPS) is 19.3. The maximum Gasteiger partial charge on any atom is 0.310 e. The minimum Gasteiger partial charge on any atom is -0.466 e. The van der Waals surface area contributed by atoms with Gasteiger partial charge in [0.2, 0.25) is 5.91 Å². The summed E-state index contributed by atoms with van der Waals surface area (Å²) in [5.41, 5.74) is 1.08. The Balaban J connectivity index is 1.99. The largest absolute Gasteiger partial charge is 0.466 e. The van der Waals surface area contributed by atoms with Crippen molar-refractivity contribution in [2.75, 3.05) is 13.2 Å². The van der Waals surface area contributed by atoms with Crippen molar-refractivity contribution in [1.82, 2.24) is 4.90 Å². The number of rotatable bonds is 4. The predicted octanol–water partition coefficient (Wildman–Crippen LogP) is 1.99. The number of hydrogen-bond acceptors (Lipinski definition) is 3. The van der Waals surface area contributed by atoms with E-state index < -0.39 is 0 Å². The smallest absolute Gasteiger partial charge is 0.310 e. The van der Waals surface area contributed by atoms with Crippen LogP contribution in [-0.2, 0) is 20.9 Å². The molecule has 0 N–H and O–H groups in total. The maximum atomic E-state index is 11.9. The first kappa shape index (κ1) is 13.6. The highest BCUT2D eigenvalue weighted by atomic mass is 16.5. The Morgan fingerprint density at radius 3 is 2.79 bits per heavy atom. The van der Waals surface area contributed by atoms with Gasteiger partial charge in [0, 0.05) is 19.5 Å². The maximum absolute atomic E-state index is 11.9. The van der Waals surface area contributed by atoms with Crippen LogP contribution in [0.15, 0.2) is 30.3 Å². The lowest BCUT2D eigenvalue weighted by Crippen LogP contribution is -2.42. The Kier molecular flexibility index (Phi) is 4.55. The van der Waals surface area contributed by atoms with Gasteiger partial charge in [-0.1, -0.05) is 30.3 Å². The molecule has 1 unspecified atom stereocenters. The van der Waals surface area contributed by atoms with Crippen LogP contribution >= 0.6 is 0 Å². The quantitative estimate of drug-likeness (QED) is 0.779. The van der Waals surface area contributed by atoms with E-state index in [0.29, 0.717) is 32.5 Å². The van der Waals surface area contributed by atoms with E-state index in [4.69, 9.17) is 4.74 Å². The van der Waals surface area contributed by atoms with Gasteiger partial charge in [-0.15, -0.1) is 0 Å². The van der Waals surface area contributed by atoms with Crippen molar-refractivity contribution >= 4 is 11.9 Å². The number of benzene rings is 1. The van der Waals surface area contributed by atoms with E-state index in [1.807, 2.05) is 30.3 Å². The minimum atomic E-state index is -0.187. The van der Waals surface area contributed by atoms with Crippen LogP contribution in [0, 0.1) is 5.92 Å². The first-order chi connectivity index (χ1) is 9.20. The SMILES string of the molecule is CCOC(=O)C1CCC(=O)N(Cc2ccccc2)C1. The van der Waals surface area contributed by atoms with Crippen molar-refractivity contribution in [3.63, 3.8) is 0 Å². The Labute approximate surface area is 113 Å². The summed E-state index contributed by atoms with van der Waals surface area (Å²) in [6, 6.07) is 9.82. The van der Waals surface area contributed by atoms with Gasteiger partial charge >= 0.3 is 5.97 Å². The fourth-order valence-electron chi connectivity index (χ4n) is 2.32. The highest BCUT2D eigenvalue weighted by Crippen LogP contribution is 2.20. The Bertz CT molecular complexity index is 444. The highest BCUT2D eigenvalue weighted by Gasteiger charge is 2.30. The van der Waals surface area contributed by atoms with Gasteiger partial charge < -0.3 is 9.64 Å². The first-order valence-corrected chi connectivity index (χ1v) is 6.69. The van der Waals surface area contributed by atoms with E-state index in [-0.39, 0.29) is 17.8 Å². The third-order valence-corrected chi connectivity index (χ3v) is 3.34. The molecule has 1 amide bonds. The van der Waals surface area contributed by atoms with Gasteiger partial charge in [-0.25, -0.2) is 0 Å². The van der Waals surface area contributed by atoms with Crippen LogP contribution in [0.5, 0.6) is 0 Å². The van der Waals surface area contributed by atoms with Crippen LogP contribution in [0.25, 0.3) is 0 Å². The first-order valence-electron chi connectivity index (χ1n) is 6.69. The van der Waals surface area contributed by atoms with Crippen molar-refractivity contribution in [3.05, 3.63) is 35.9 Å².